The highest BCUT2D eigenvalue weighted by molar-refractivity contribution is 5.79. The van der Waals surface area contributed by atoms with Gasteiger partial charge in [-0.1, -0.05) is 19.9 Å². The normalized spacial score (nSPS) is 10.6. The van der Waals surface area contributed by atoms with Gasteiger partial charge in [-0.05, 0) is 25.0 Å². The molecule has 1 N–H and O–H groups in total. The Morgan fingerprint density at radius 2 is 2.00 bits per heavy atom. The molecule has 0 aliphatic heterocycles. The molecule has 0 fully saturated rings. The van der Waals surface area contributed by atoms with Crippen LogP contribution in [0.2, 0.25) is 0 Å². The minimum Gasteiger partial charge on any atom is -0.481 e. The van der Waals surface area contributed by atoms with Crippen molar-refractivity contribution in [3.8, 4) is 0 Å². The zero-order valence-electron chi connectivity index (χ0n) is 12.1. The zero-order valence-corrected chi connectivity index (χ0v) is 12.1. The smallest absolute Gasteiger partial charge is 0.305 e. The fourth-order valence-corrected chi connectivity index (χ4v) is 2.08. The lowest BCUT2D eigenvalue weighted by molar-refractivity contribution is -0.140. The quantitative estimate of drug-likeness (QED) is 0.792. The molecule has 0 spiro atoms. The number of carboxylic acid groups (broad SMARTS) is 1. The molecule has 0 aliphatic rings. The highest BCUT2D eigenvalue weighted by Crippen LogP contribution is 2.14. The lowest BCUT2D eigenvalue weighted by atomic mass is 10.0. The van der Waals surface area contributed by atoms with Gasteiger partial charge in [-0.25, -0.2) is 0 Å². The minimum atomic E-state index is -0.895. The van der Waals surface area contributed by atoms with Gasteiger partial charge in [-0.3, -0.25) is 14.6 Å². The molecule has 0 atom stereocenters. The predicted octanol–water partition coefficient (Wildman–Crippen LogP) is 2.32. The van der Waals surface area contributed by atoms with Crippen LogP contribution in [0.15, 0.2) is 24.4 Å². The Morgan fingerprint density at radius 1 is 1.30 bits per heavy atom. The van der Waals surface area contributed by atoms with Crippen molar-refractivity contribution in [2.45, 2.75) is 39.7 Å². The van der Waals surface area contributed by atoms with Crippen LogP contribution in [0.25, 0.3) is 0 Å². The van der Waals surface area contributed by atoms with Crippen molar-refractivity contribution in [3.63, 3.8) is 0 Å². The highest BCUT2D eigenvalue weighted by Gasteiger charge is 2.22. The summed E-state index contributed by atoms with van der Waals surface area (Å²) in [5.41, 5.74) is 0.775. The maximum atomic E-state index is 12.4. The number of carboxylic acids is 1. The summed E-state index contributed by atoms with van der Waals surface area (Å²) >= 11 is 0. The van der Waals surface area contributed by atoms with Crippen LogP contribution in [0.3, 0.4) is 0 Å². The molecular formula is C15H22N2O3. The maximum absolute atomic E-state index is 12.4. The largest absolute Gasteiger partial charge is 0.481 e. The molecule has 1 heterocycles. The minimum absolute atomic E-state index is 0.0157. The van der Waals surface area contributed by atoms with Gasteiger partial charge in [0.05, 0.1) is 18.7 Å². The summed E-state index contributed by atoms with van der Waals surface area (Å²) in [7, 11) is 0. The fraction of sp³-hybridized carbons (Fsp3) is 0.533. The van der Waals surface area contributed by atoms with Crippen LogP contribution in [0, 0.1) is 5.92 Å². The van der Waals surface area contributed by atoms with E-state index in [0.717, 1.165) is 18.5 Å². The van der Waals surface area contributed by atoms with Gasteiger partial charge in [-0.2, -0.15) is 0 Å². The average molecular weight is 278 g/mol. The van der Waals surface area contributed by atoms with Crippen LogP contribution >= 0.6 is 0 Å². The van der Waals surface area contributed by atoms with E-state index in [0.29, 0.717) is 6.54 Å². The molecule has 0 radical (unpaired) electrons. The van der Waals surface area contributed by atoms with Gasteiger partial charge in [0.2, 0.25) is 5.91 Å². The molecule has 1 aromatic heterocycles. The summed E-state index contributed by atoms with van der Waals surface area (Å²) in [5, 5.41) is 8.81. The van der Waals surface area contributed by atoms with E-state index in [2.05, 4.69) is 4.98 Å². The molecule has 0 bridgehead atoms. The van der Waals surface area contributed by atoms with Crippen molar-refractivity contribution >= 4 is 11.9 Å². The van der Waals surface area contributed by atoms with E-state index < -0.39 is 5.97 Å². The van der Waals surface area contributed by atoms with Gasteiger partial charge < -0.3 is 10.0 Å². The van der Waals surface area contributed by atoms with E-state index in [1.165, 1.54) is 0 Å². The first-order chi connectivity index (χ1) is 9.58. The third-order valence-corrected chi connectivity index (χ3v) is 3.32. The van der Waals surface area contributed by atoms with Gasteiger partial charge in [0.1, 0.15) is 0 Å². The van der Waals surface area contributed by atoms with Gasteiger partial charge in [0.15, 0.2) is 0 Å². The number of rotatable bonds is 8. The van der Waals surface area contributed by atoms with Crippen molar-refractivity contribution < 1.29 is 14.7 Å². The van der Waals surface area contributed by atoms with Gasteiger partial charge in [-0.15, -0.1) is 0 Å². The summed E-state index contributed by atoms with van der Waals surface area (Å²) in [6, 6.07) is 5.51. The Kier molecular flexibility index (Phi) is 6.70. The number of pyridine rings is 1. The van der Waals surface area contributed by atoms with E-state index in [4.69, 9.17) is 5.11 Å². The average Bonchev–Trinajstić information content (AvgIpc) is 2.45. The molecule has 20 heavy (non-hydrogen) atoms. The Hall–Kier alpha value is -1.91. The summed E-state index contributed by atoms with van der Waals surface area (Å²) < 4.78 is 0. The number of aromatic nitrogens is 1. The van der Waals surface area contributed by atoms with Gasteiger partial charge in [0.25, 0.3) is 0 Å². The van der Waals surface area contributed by atoms with E-state index in [-0.39, 0.29) is 24.8 Å². The lowest BCUT2D eigenvalue weighted by Gasteiger charge is -2.25. The molecule has 5 heteroatoms. The second-order valence-corrected chi connectivity index (χ2v) is 4.74. The number of carbonyl (C=O) groups excluding carboxylic acids is 1. The first-order valence-corrected chi connectivity index (χ1v) is 6.98. The molecule has 1 aromatic rings. The predicted molar refractivity (Wildman–Crippen MR) is 76.0 cm³/mol. The summed E-state index contributed by atoms with van der Waals surface area (Å²) in [5.74, 6) is -0.928. The molecule has 1 amide bonds. The third-order valence-electron chi connectivity index (χ3n) is 3.32. The maximum Gasteiger partial charge on any atom is 0.305 e. The van der Waals surface area contributed by atoms with Crippen molar-refractivity contribution in [1.82, 2.24) is 9.88 Å². The second-order valence-electron chi connectivity index (χ2n) is 4.74. The van der Waals surface area contributed by atoms with Gasteiger partial charge >= 0.3 is 5.97 Å². The van der Waals surface area contributed by atoms with Crippen LogP contribution in [-0.4, -0.2) is 33.4 Å². The zero-order chi connectivity index (χ0) is 15.0. The van der Waals surface area contributed by atoms with Gasteiger partial charge in [0, 0.05) is 18.7 Å². The van der Waals surface area contributed by atoms with E-state index in [1.54, 1.807) is 11.1 Å². The number of carbonyl (C=O) groups is 2. The molecule has 0 unspecified atom stereocenters. The Labute approximate surface area is 119 Å². The molecular weight excluding hydrogens is 256 g/mol. The van der Waals surface area contributed by atoms with Crippen LogP contribution in [-0.2, 0) is 16.1 Å². The van der Waals surface area contributed by atoms with E-state index >= 15 is 0 Å². The Morgan fingerprint density at radius 3 is 2.50 bits per heavy atom. The second kappa shape index (κ2) is 8.30. The summed E-state index contributed by atoms with van der Waals surface area (Å²) in [4.78, 5) is 29.0. The van der Waals surface area contributed by atoms with Crippen molar-refractivity contribution in [2.75, 3.05) is 6.54 Å². The molecule has 5 nitrogen and oxygen atoms in total. The number of hydrogen-bond acceptors (Lipinski definition) is 3. The summed E-state index contributed by atoms with van der Waals surface area (Å²) in [6.45, 7) is 4.54. The van der Waals surface area contributed by atoms with E-state index in [9.17, 15) is 9.59 Å². The fourth-order valence-electron chi connectivity index (χ4n) is 2.08. The van der Waals surface area contributed by atoms with Crippen molar-refractivity contribution in [2.24, 2.45) is 5.92 Å². The number of nitrogens with zero attached hydrogens (tertiary/aromatic N) is 2. The van der Waals surface area contributed by atoms with Crippen LogP contribution in [0.1, 0.15) is 38.8 Å². The SMILES string of the molecule is CCC(CC)C(=O)N(CCC(=O)O)Cc1ccccn1. The summed E-state index contributed by atoms with van der Waals surface area (Å²) in [6.07, 6.45) is 3.16. The monoisotopic (exact) mass is 278 g/mol. The molecule has 0 saturated carbocycles. The topological polar surface area (TPSA) is 70.5 Å². The first kappa shape index (κ1) is 16.1. The molecule has 1 rings (SSSR count). The number of aliphatic carboxylic acids is 1. The first-order valence-electron chi connectivity index (χ1n) is 6.98. The molecule has 0 aliphatic carbocycles. The Balaban J connectivity index is 2.78. The molecule has 110 valence electrons. The van der Waals surface area contributed by atoms with Crippen molar-refractivity contribution in [3.05, 3.63) is 30.1 Å². The van der Waals surface area contributed by atoms with Crippen molar-refractivity contribution in [1.29, 1.82) is 0 Å². The Bertz CT molecular complexity index is 430. The van der Waals surface area contributed by atoms with Crippen LogP contribution in [0.4, 0.5) is 0 Å². The van der Waals surface area contributed by atoms with Crippen LogP contribution < -0.4 is 0 Å². The number of amides is 1. The van der Waals surface area contributed by atoms with E-state index in [1.807, 2.05) is 32.0 Å². The highest BCUT2D eigenvalue weighted by atomic mass is 16.4. The third kappa shape index (κ3) is 4.99. The number of hydrogen-bond donors (Lipinski definition) is 1. The standard InChI is InChI=1S/C15H22N2O3/c1-3-12(4-2)15(20)17(10-8-14(18)19)11-13-7-5-6-9-16-13/h5-7,9,12H,3-4,8,10-11H2,1-2H3,(H,18,19). The van der Waals surface area contributed by atoms with Crippen LogP contribution in [0.5, 0.6) is 0 Å². The molecule has 0 saturated heterocycles. The molecule has 0 aromatic carbocycles. The lowest BCUT2D eigenvalue weighted by Crippen LogP contribution is -2.37.